The van der Waals surface area contributed by atoms with Gasteiger partial charge in [0.2, 0.25) is 0 Å². The molecule has 0 bridgehead atoms. The van der Waals surface area contributed by atoms with Crippen LogP contribution in [0.3, 0.4) is 0 Å². The quantitative estimate of drug-likeness (QED) is 0.842. The number of fused-ring (bicyclic) bond motifs is 2. The number of hydrogen-bond donors (Lipinski definition) is 0. The average Bonchev–Trinajstić information content (AvgIpc) is 2.94. The van der Waals surface area contributed by atoms with Crippen molar-refractivity contribution < 1.29 is 4.74 Å². The number of benzene rings is 1. The molecule has 2 aromatic rings. The molecule has 0 saturated carbocycles. The molecule has 116 valence electrons. The molecule has 0 N–H and O–H groups in total. The maximum Gasteiger partial charge on any atom is 0.151 e. The molecule has 1 aromatic heterocycles. The van der Waals surface area contributed by atoms with Crippen LogP contribution in [0.5, 0.6) is 0 Å². The van der Waals surface area contributed by atoms with Crippen LogP contribution in [0.1, 0.15) is 29.8 Å². The molecule has 1 aliphatic carbocycles. The zero-order valence-electron chi connectivity index (χ0n) is 13.1. The van der Waals surface area contributed by atoms with Crippen molar-refractivity contribution in [1.29, 1.82) is 0 Å². The van der Waals surface area contributed by atoms with E-state index in [9.17, 15) is 0 Å². The monoisotopic (exact) mass is 298 g/mol. The first-order valence-electron chi connectivity index (χ1n) is 8.22. The van der Waals surface area contributed by atoms with Crippen molar-refractivity contribution >= 4 is 11.0 Å². The fourth-order valence-corrected chi connectivity index (χ4v) is 3.46. The highest BCUT2D eigenvalue weighted by molar-refractivity contribution is 5.76. The lowest BCUT2D eigenvalue weighted by Crippen LogP contribution is -2.51. The van der Waals surface area contributed by atoms with E-state index in [4.69, 9.17) is 9.72 Å². The molecule has 0 radical (unpaired) electrons. The van der Waals surface area contributed by atoms with Crippen LogP contribution < -0.4 is 0 Å². The second-order valence-corrected chi connectivity index (χ2v) is 6.41. The van der Waals surface area contributed by atoms with Crippen molar-refractivity contribution in [3.63, 3.8) is 0 Å². The molecule has 5 nitrogen and oxygen atoms in total. The molecule has 0 spiro atoms. The molecule has 0 amide bonds. The Bertz CT molecular complexity index is 682. The lowest BCUT2D eigenvalue weighted by atomic mass is 10.1. The molecule has 0 atom stereocenters. The van der Waals surface area contributed by atoms with Crippen molar-refractivity contribution in [2.24, 2.45) is 0 Å². The van der Waals surface area contributed by atoms with Crippen LogP contribution in [0.25, 0.3) is 11.0 Å². The summed E-state index contributed by atoms with van der Waals surface area (Å²) in [6.07, 6.45) is 6.01. The van der Waals surface area contributed by atoms with Gasteiger partial charge in [0, 0.05) is 26.6 Å². The topological polar surface area (TPSA) is 51.1 Å². The Labute approximate surface area is 130 Å². The summed E-state index contributed by atoms with van der Waals surface area (Å²) in [5.74, 6) is 0.870. The molecular formula is C17H22N4O. The predicted molar refractivity (Wildman–Crippen MR) is 84.9 cm³/mol. The third kappa shape index (κ3) is 2.71. The van der Waals surface area contributed by atoms with Gasteiger partial charge in [0.1, 0.15) is 5.52 Å². The summed E-state index contributed by atoms with van der Waals surface area (Å²) < 4.78 is 5.29. The van der Waals surface area contributed by atoms with Gasteiger partial charge in [-0.2, -0.15) is 0 Å². The van der Waals surface area contributed by atoms with Crippen molar-refractivity contribution in [3.8, 4) is 0 Å². The van der Waals surface area contributed by atoms with Crippen molar-refractivity contribution in [1.82, 2.24) is 20.1 Å². The Morgan fingerprint density at radius 1 is 1.14 bits per heavy atom. The highest BCUT2D eigenvalue weighted by Gasteiger charge is 2.25. The molecule has 2 heterocycles. The molecule has 1 aliphatic heterocycles. The van der Waals surface area contributed by atoms with E-state index in [2.05, 4.69) is 27.2 Å². The van der Waals surface area contributed by atoms with E-state index in [-0.39, 0.29) is 0 Å². The van der Waals surface area contributed by atoms with E-state index in [1.54, 1.807) is 7.11 Å². The fraction of sp³-hybridized carbons (Fsp3) is 0.588. The van der Waals surface area contributed by atoms with Gasteiger partial charge in [-0.15, -0.1) is 10.2 Å². The van der Waals surface area contributed by atoms with E-state index >= 15 is 0 Å². The number of likely N-dealkylation sites (tertiary alicyclic amines) is 1. The number of hydrogen-bond acceptors (Lipinski definition) is 5. The van der Waals surface area contributed by atoms with Gasteiger partial charge in [-0.25, -0.2) is 4.98 Å². The number of ether oxygens (including phenoxy) is 1. The summed E-state index contributed by atoms with van der Waals surface area (Å²) >= 11 is 0. The molecule has 4 rings (SSSR count). The van der Waals surface area contributed by atoms with E-state index in [0.717, 1.165) is 49.3 Å². The Morgan fingerprint density at radius 2 is 1.91 bits per heavy atom. The first kappa shape index (κ1) is 14.0. The maximum absolute atomic E-state index is 5.29. The van der Waals surface area contributed by atoms with Crippen LogP contribution in [0, 0.1) is 0 Å². The average molecular weight is 298 g/mol. The predicted octanol–water partition coefficient (Wildman–Crippen LogP) is 1.78. The van der Waals surface area contributed by atoms with Crippen LogP contribution in [-0.4, -0.2) is 52.9 Å². The van der Waals surface area contributed by atoms with Gasteiger partial charge in [-0.1, -0.05) is 0 Å². The maximum atomic E-state index is 5.29. The SMILES string of the molecule is COC1CN(CCCc2nnc3cc4c(cc3n2)CCC4)C1. The number of aryl methyl sites for hydroxylation is 3. The minimum absolute atomic E-state index is 0.431. The summed E-state index contributed by atoms with van der Waals surface area (Å²) in [6.45, 7) is 3.20. The molecule has 1 aromatic carbocycles. The van der Waals surface area contributed by atoms with Crippen LogP contribution in [0.4, 0.5) is 0 Å². The standard InChI is InChI=1S/C17H22N4O/c1-22-14-10-21(11-14)7-3-6-17-18-15-8-12-4-2-5-13(12)9-16(15)19-20-17/h8-9,14H,2-7,10-11H2,1H3. The molecule has 1 fully saturated rings. The van der Waals surface area contributed by atoms with Crippen molar-refractivity contribution in [2.75, 3.05) is 26.7 Å². The number of methoxy groups -OCH3 is 1. The first-order valence-corrected chi connectivity index (χ1v) is 8.22. The Morgan fingerprint density at radius 3 is 2.68 bits per heavy atom. The van der Waals surface area contributed by atoms with Crippen LogP contribution in [-0.2, 0) is 24.0 Å². The number of aromatic nitrogens is 3. The molecule has 22 heavy (non-hydrogen) atoms. The second-order valence-electron chi connectivity index (χ2n) is 6.41. The lowest BCUT2D eigenvalue weighted by Gasteiger charge is -2.38. The first-order chi connectivity index (χ1) is 10.8. The van der Waals surface area contributed by atoms with Crippen molar-refractivity contribution in [3.05, 3.63) is 29.1 Å². The summed E-state index contributed by atoms with van der Waals surface area (Å²) in [4.78, 5) is 7.12. The molecule has 0 unspecified atom stereocenters. The molecule has 1 saturated heterocycles. The summed E-state index contributed by atoms with van der Waals surface area (Å²) in [7, 11) is 1.79. The van der Waals surface area contributed by atoms with Gasteiger partial charge in [0.25, 0.3) is 0 Å². The van der Waals surface area contributed by atoms with Gasteiger partial charge in [-0.3, -0.25) is 4.90 Å². The highest BCUT2D eigenvalue weighted by Crippen LogP contribution is 2.25. The summed E-state index contributed by atoms with van der Waals surface area (Å²) in [6, 6.07) is 4.39. The number of rotatable bonds is 5. The van der Waals surface area contributed by atoms with E-state index < -0.39 is 0 Å². The minimum Gasteiger partial charge on any atom is -0.379 e. The molecule has 2 aliphatic rings. The van der Waals surface area contributed by atoms with Crippen molar-refractivity contribution in [2.45, 2.75) is 38.2 Å². The smallest absolute Gasteiger partial charge is 0.151 e. The molecular weight excluding hydrogens is 276 g/mol. The van der Waals surface area contributed by atoms with Gasteiger partial charge < -0.3 is 4.74 Å². The lowest BCUT2D eigenvalue weighted by molar-refractivity contribution is -0.0294. The normalized spacial score (nSPS) is 18.6. The fourth-order valence-electron chi connectivity index (χ4n) is 3.46. The zero-order valence-corrected chi connectivity index (χ0v) is 13.1. The van der Waals surface area contributed by atoms with Gasteiger partial charge in [0.15, 0.2) is 5.82 Å². The van der Waals surface area contributed by atoms with Crippen LogP contribution in [0.2, 0.25) is 0 Å². The Hall–Kier alpha value is -1.59. The summed E-state index contributed by atoms with van der Waals surface area (Å²) in [5, 5.41) is 8.67. The number of nitrogens with zero attached hydrogens (tertiary/aromatic N) is 4. The summed E-state index contributed by atoms with van der Waals surface area (Å²) in [5.41, 5.74) is 4.83. The van der Waals surface area contributed by atoms with Gasteiger partial charge in [-0.05, 0) is 55.5 Å². The zero-order chi connectivity index (χ0) is 14.9. The Balaban J connectivity index is 1.39. The Kier molecular flexibility index (Phi) is 3.76. The van der Waals surface area contributed by atoms with Crippen LogP contribution >= 0.6 is 0 Å². The third-order valence-electron chi connectivity index (χ3n) is 4.84. The molecule has 5 heteroatoms. The van der Waals surface area contributed by atoms with E-state index in [0.29, 0.717) is 6.10 Å². The largest absolute Gasteiger partial charge is 0.379 e. The van der Waals surface area contributed by atoms with Gasteiger partial charge in [0.05, 0.1) is 11.6 Å². The second kappa shape index (κ2) is 5.89. The van der Waals surface area contributed by atoms with Gasteiger partial charge >= 0.3 is 0 Å². The van der Waals surface area contributed by atoms with E-state index in [1.807, 2.05) is 0 Å². The minimum atomic E-state index is 0.431. The highest BCUT2D eigenvalue weighted by atomic mass is 16.5. The van der Waals surface area contributed by atoms with Crippen LogP contribution in [0.15, 0.2) is 12.1 Å². The van der Waals surface area contributed by atoms with E-state index in [1.165, 1.54) is 30.4 Å². The third-order valence-corrected chi connectivity index (χ3v) is 4.84.